The summed E-state index contributed by atoms with van der Waals surface area (Å²) in [6.07, 6.45) is 0.242. The van der Waals surface area contributed by atoms with Crippen molar-refractivity contribution >= 4 is 55.1 Å². The Morgan fingerprint density at radius 2 is 1.51 bits per heavy atom. The van der Waals surface area contributed by atoms with E-state index in [0.717, 1.165) is 25.5 Å². The molecule has 0 aliphatic carbocycles. The second-order valence-corrected chi connectivity index (χ2v) is 14.4. The van der Waals surface area contributed by atoms with Crippen molar-refractivity contribution in [2.45, 2.75) is 44.7 Å². The predicted octanol–water partition coefficient (Wildman–Crippen LogP) is 7.02. The van der Waals surface area contributed by atoms with E-state index in [1.807, 2.05) is 75.4 Å². The molecule has 2 amide bonds. The Labute approximate surface area is 279 Å². The molecule has 0 unspecified atom stereocenters. The van der Waals surface area contributed by atoms with Gasteiger partial charge in [0.25, 0.3) is 10.0 Å². The standard InChI is InChI=1S/C35H37BrClN3O4S/c1-25(2)22-38-35(42)33(20-27-11-6-4-7-12-27)39(23-28-13-10-14-29(36)19-28)34(41)24-40(30-18-17-26(3)32(37)21-30)45(43,44)31-15-8-5-9-16-31/h4-19,21,25,33H,20,22-24H2,1-3H3,(H,38,42)/t33-/m0/s1. The molecular formula is C35H37BrClN3O4S. The number of carbonyl (C=O) groups excluding carboxylic acids is 2. The third kappa shape index (κ3) is 9.19. The van der Waals surface area contributed by atoms with Gasteiger partial charge in [-0.15, -0.1) is 0 Å². The average molecular weight is 711 g/mol. The Kier molecular flexibility index (Phi) is 11.8. The molecule has 45 heavy (non-hydrogen) atoms. The molecule has 4 aromatic rings. The Morgan fingerprint density at radius 3 is 2.13 bits per heavy atom. The van der Waals surface area contributed by atoms with Crippen LogP contribution in [-0.2, 0) is 32.6 Å². The lowest BCUT2D eigenvalue weighted by molar-refractivity contribution is -0.140. The molecule has 7 nitrogen and oxygen atoms in total. The predicted molar refractivity (Wildman–Crippen MR) is 184 cm³/mol. The number of anilines is 1. The second kappa shape index (κ2) is 15.6. The molecule has 0 aromatic heterocycles. The van der Waals surface area contributed by atoms with Crippen LogP contribution in [0.2, 0.25) is 5.02 Å². The topological polar surface area (TPSA) is 86.8 Å². The number of halogens is 2. The van der Waals surface area contributed by atoms with Gasteiger partial charge in [0.1, 0.15) is 12.6 Å². The summed E-state index contributed by atoms with van der Waals surface area (Å²) in [4.78, 5) is 29.9. The van der Waals surface area contributed by atoms with E-state index >= 15 is 0 Å². The van der Waals surface area contributed by atoms with Crippen LogP contribution in [0.5, 0.6) is 0 Å². The molecule has 236 valence electrons. The van der Waals surface area contributed by atoms with Crippen molar-refractivity contribution in [3.63, 3.8) is 0 Å². The number of amides is 2. The van der Waals surface area contributed by atoms with Crippen LogP contribution in [0.1, 0.15) is 30.5 Å². The smallest absolute Gasteiger partial charge is 0.264 e. The van der Waals surface area contributed by atoms with Gasteiger partial charge in [-0.1, -0.05) is 108 Å². The molecule has 0 spiro atoms. The molecule has 0 aliphatic rings. The molecule has 10 heteroatoms. The van der Waals surface area contributed by atoms with Crippen LogP contribution in [-0.4, -0.2) is 44.3 Å². The van der Waals surface area contributed by atoms with Crippen molar-refractivity contribution in [2.24, 2.45) is 5.92 Å². The van der Waals surface area contributed by atoms with E-state index in [9.17, 15) is 18.0 Å². The molecule has 1 N–H and O–H groups in total. The van der Waals surface area contributed by atoms with Crippen LogP contribution in [0.25, 0.3) is 0 Å². The van der Waals surface area contributed by atoms with Gasteiger partial charge in [-0.3, -0.25) is 13.9 Å². The number of hydrogen-bond donors (Lipinski definition) is 1. The number of sulfonamides is 1. The van der Waals surface area contributed by atoms with Gasteiger partial charge in [0.05, 0.1) is 10.6 Å². The van der Waals surface area contributed by atoms with E-state index in [1.54, 1.807) is 36.4 Å². The third-order valence-corrected chi connectivity index (χ3v) is 9.94. The molecule has 0 bridgehead atoms. The van der Waals surface area contributed by atoms with Gasteiger partial charge in [-0.25, -0.2) is 8.42 Å². The summed E-state index contributed by atoms with van der Waals surface area (Å²) in [5.74, 6) is -0.656. The molecule has 4 rings (SSSR count). The molecule has 0 aliphatic heterocycles. The number of carbonyl (C=O) groups is 2. The fourth-order valence-electron chi connectivity index (χ4n) is 4.79. The van der Waals surface area contributed by atoms with Crippen molar-refractivity contribution in [3.8, 4) is 0 Å². The largest absolute Gasteiger partial charge is 0.354 e. The summed E-state index contributed by atoms with van der Waals surface area (Å²) in [6, 6.07) is 28.9. The minimum absolute atomic E-state index is 0.0311. The summed E-state index contributed by atoms with van der Waals surface area (Å²) in [5.41, 5.74) is 2.66. The van der Waals surface area contributed by atoms with Crippen molar-refractivity contribution < 1.29 is 18.0 Å². The second-order valence-electron chi connectivity index (χ2n) is 11.3. The van der Waals surface area contributed by atoms with Gasteiger partial charge in [-0.2, -0.15) is 0 Å². The lowest BCUT2D eigenvalue weighted by Crippen LogP contribution is -2.53. The van der Waals surface area contributed by atoms with E-state index in [2.05, 4.69) is 21.2 Å². The van der Waals surface area contributed by atoms with Gasteiger partial charge in [0, 0.05) is 29.0 Å². The zero-order valence-electron chi connectivity index (χ0n) is 25.5. The first kappa shape index (κ1) is 34.2. The van der Waals surface area contributed by atoms with Crippen LogP contribution in [0, 0.1) is 12.8 Å². The SMILES string of the molecule is Cc1ccc(N(CC(=O)N(Cc2cccc(Br)c2)[C@@H](Cc2ccccc2)C(=O)NCC(C)C)S(=O)(=O)c2ccccc2)cc1Cl. The first-order valence-electron chi connectivity index (χ1n) is 14.6. The van der Waals surface area contributed by atoms with E-state index in [1.165, 1.54) is 17.0 Å². The lowest BCUT2D eigenvalue weighted by atomic mass is 10.0. The van der Waals surface area contributed by atoms with Crippen molar-refractivity contribution in [1.29, 1.82) is 0 Å². The summed E-state index contributed by atoms with van der Waals surface area (Å²) in [5, 5.41) is 3.37. The Balaban J connectivity index is 1.81. The van der Waals surface area contributed by atoms with E-state index in [-0.39, 0.29) is 35.4 Å². The summed E-state index contributed by atoms with van der Waals surface area (Å²) >= 11 is 9.95. The van der Waals surface area contributed by atoms with Crippen molar-refractivity contribution in [2.75, 3.05) is 17.4 Å². The highest BCUT2D eigenvalue weighted by molar-refractivity contribution is 9.10. The van der Waals surface area contributed by atoms with Crippen LogP contribution in [0.3, 0.4) is 0 Å². The number of hydrogen-bond acceptors (Lipinski definition) is 4. The molecular weight excluding hydrogens is 674 g/mol. The highest BCUT2D eigenvalue weighted by atomic mass is 79.9. The number of rotatable bonds is 13. The van der Waals surface area contributed by atoms with Crippen LogP contribution in [0.4, 0.5) is 5.69 Å². The van der Waals surface area contributed by atoms with E-state index < -0.39 is 28.5 Å². The number of nitrogens with zero attached hydrogens (tertiary/aromatic N) is 2. The first-order chi connectivity index (χ1) is 21.5. The van der Waals surface area contributed by atoms with Gasteiger partial charge in [-0.05, 0) is 65.9 Å². The van der Waals surface area contributed by atoms with Crippen molar-refractivity contribution in [3.05, 3.63) is 129 Å². The average Bonchev–Trinajstić information content (AvgIpc) is 3.02. The molecule has 0 heterocycles. The maximum atomic E-state index is 14.5. The monoisotopic (exact) mass is 709 g/mol. The normalized spacial score (nSPS) is 12.0. The quantitative estimate of drug-likeness (QED) is 0.162. The van der Waals surface area contributed by atoms with Gasteiger partial charge < -0.3 is 10.2 Å². The fraction of sp³-hybridized carbons (Fsp3) is 0.257. The Hall–Kier alpha value is -3.66. The summed E-state index contributed by atoms with van der Waals surface area (Å²) in [6.45, 7) is 5.77. The zero-order chi connectivity index (χ0) is 32.6. The number of benzene rings is 4. The van der Waals surface area contributed by atoms with Gasteiger partial charge >= 0.3 is 0 Å². The summed E-state index contributed by atoms with van der Waals surface area (Å²) in [7, 11) is -4.20. The fourth-order valence-corrected chi connectivity index (χ4v) is 6.84. The Bertz CT molecular complexity index is 1720. The van der Waals surface area contributed by atoms with Crippen LogP contribution >= 0.6 is 27.5 Å². The molecule has 0 saturated heterocycles. The van der Waals surface area contributed by atoms with Gasteiger partial charge in [0.2, 0.25) is 11.8 Å². The minimum atomic E-state index is -4.20. The molecule has 0 radical (unpaired) electrons. The highest BCUT2D eigenvalue weighted by Gasteiger charge is 2.34. The van der Waals surface area contributed by atoms with Gasteiger partial charge in [0.15, 0.2) is 0 Å². The zero-order valence-corrected chi connectivity index (χ0v) is 28.6. The van der Waals surface area contributed by atoms with E-state index in [0.29, 0.717) is 11.6 Å². The molecule has 4 aromatic carbocycles. The maximum absolute atomic E-state index is 14.5. The maximum Gasteiger partial charge on any atom is 0.264 e. The Morgan fingerprint density at radius 1 is 0.867 bits per heavy atom. The lowest BCUT2D eigenvalue weighted by Gasteiger charge is -2.34. The number of nitrogens with one attached hydrogen (secondary N) is 1. The minimum Gasteiger partial charge on any atom is -0.354 e. The first-order valence-corrected chi connectivity index (χ1v) is 17.3. The van der Waals surface area contributed by atoms with E-state index in [4.69, 9.17) is 11.6 Å². The molecule has 0 saturated carbocycles. The molecule has 1 atom stereocenters. The summed E-state index contributed by atoms with van der Waals surface area (Å²) < 4.78 is 30.1. The third-order valence-electron chi connectivity index (χ3n) is 7.25. The number of aryl methyl sites for hydroxylation is 1. The van der Waals surface area contributed by atoms with Crippen LogP contribution < -0.4 is 9.62 Å². The molecule has 0 fully saturated rings. The highest BCUT2D eigenvalue weighted by Crippen LogP contribution is 2.29. The van der Waals surface area contributed by atoms with Crippen LogP contribution in [0.15, 0.2) is 112 Å². The van der Waals surface area contributed by atoms with Crippen molar-refractivity contribution in [1.82, 2.24) is 10.2 Å².